The quantitative estimate of drug-likeness (QED) is 0.790. The summed E-state index contributed by atoms with van der Waals surface area (Å²) in [7, 11) is -4.22. The number of anilines is 2. The fourth-order valence-electron chi connectivity index (χ4n) is 1.45. The van der Waals surface area contributed by atoms with Gasteiger partial charge in [0, 0.05) is 5.69 Å². The number of rotatable bonds is 3. The van der Waals surface area contributed by atoms with Crippen LogP contribution in [-0.2, 0) is 10.0 Å². The highest BCUT2D eigenvalue weighted by Gasteiger charge is 2.23. The minimum absolute atomic E-state index is 0.0537. The van der Waals surface area contributed by atoms with Crippen LogP contribution >= 0.6 is 15.9 Å². The van der Waals surface area contributed by atoms with Gasteiger partial charge in [-0.1, -0.05) is 0 Å². The van der Waals surface area contributed by atoms with Crippen molar-refractivity contribution < 1.29 is 12.8 Å². The number of nitrogens with one attached hydrogen (secondary N) is 1. The van der Waals surface area contributed by atoms with E-state index in [4.69, 9.17) is 5.73 Å². The molecule has 10 heteroatoms. The molecule has 1 aromatic carbocycles. The summed E-state index contributed by atoms with van der Waals surface area (Å²) in [6.45, 7) is 3.34. The predicted molar refractivity (Wildman–Crippen MR) is 78.6 cm³/mol. The van der Waals surface area contributed by atoms with Crippen LogP contribution in [0.3, 0.4) is 0 Å². The summed E-state index contributed by atoms with van der Waals surface area (Å²) >= 11 is 2.91. The summed E-state index contributed by atoms with van der Waals surface area (Å²) in [6.07, 6.45) is 0. The Balaban J connectivity index is 2.45. The number of hydrogen-bond donors (Lipinski definition) is 2. The van der Waals surface area contributed by atoms with Crippen molar-refractivity contribution in [1.82, 2.24) is 15.2 Å². The third kappa shape index (κ3) is 3.27. The second kappa shape index (κ2) is 5.53. The molecule has 0 fully saturated rings. The average Bonchev–Trinajstić information content (AvgIpc) is 2.37. The molecule has 1 aromatic heterocycles. The first-order valence-electron chi connectivity index (χ1n) is 5.66. The summed E-state index contributed by atoms with van der Waals surface area (Å²) in [5.74, 6) is -1.19. The third-order valence-electron chi connectivity index (χ3n) is 2.62. The molecule has 2 aromatic rings. The van der Waals surface area contributed by atoms with Crippen LogP contribution < -0.4 is 10.5 Å². The van der Waals surface area contributed by atoms with Crippen LogP contribution in [0.15, 0.2) is 21.5 Å². The lowest BCUT2D eigenvalue weighted by atomic mass is 10.3. The number of halogens is 2. The zero-order valence-corrected chi connectivity index (χ0v) is 13.5. The first-order valence-corrected chi connectivity index (χ1v) is 7.93. The molecule has 112 valence electrons. The molecule has 0 saturated carbocycles. The Bertz CT molecular complexity index is 813. The zero-order chi connectivity index (χ0) is 15.8. The van der Waals surface area contributed by atoms with E-state index < -0.39 is 20.7 Å². The van der Waals surface area contributed by atoms with Gasteiger partial charge in [0.15, 0.2) is 5.82 Å². The van der Waals surface area contributed by atoms with Crippen LogP contribution in [-0.4, -0.2) is 23.6 Å². The highest BCUT2D eigenvalue weighted by Crippen LogP contribution is 2.27. The lowest BCUT2D eigenvalue weighted by Gasteiger charge is -2.09. The standard InChI is InChI=1S/C11H11BrFN5O2S/c1-5-6(2)16-17-11(15-5)18-21(19,20)9-4-7(14)3-8(12)10(9)13/h3-4H,14H2,1-2H3,(H,15,17,18). The number of nitrogen functional groups attached to an aromatic ring is 1. The minimum atomic E-state index is -4.22. The Hall–Kier alpha value is -1.81. The van der Waals surface area contributed by atoms with Crippen molar-refractivity contribution in [3.63, 3.8) is 0 Å². The van der Waals surface area contributed by atoms with Crippen molar-refractivity contribution in [2.24, 2.45) is 0 Å². The van der Waals surface area contributed by atoms with Crippen LogP contribution in [0.4, 0.5) is 16.0 Å². The Kier molecular flexibility index (Phi) is 4.10. The van der Waals surface area contributed by atoms with E-state index in [1.807, 2.05) is 0 Å². The molecular weight excluding hydrogens is 365 g/mol. The molecule has 0 spiro atoms. The van der Waals surface area contributed by atoms with E-state index in [0.29, 0.717) is 11.4 Å². The monoisotopic (exact) mass is 375 g/mol. The van der Waals surface area contributed by atoms with Crippen molar-refractivity contribution >= 4 is 37.6 Å². The summed E-state index contributed by atoms with van der Waals surface area (Å²) in [5, 5.41) is 7.35. The van der Waals surface area contributed by atoms with Crippen molar-refractivity contribution in [3.8, 4) is 0 Å². The lowest BCUT2D eigenvalue weighted by Crippen LogP contribution is -2.18. The van der Waals surface area contributed by atoms with Gasteiger partial charge >= 0.3 is 0 Å². The van der Waals surface area contributed by atoms with Crippen molar-refractivity contribution in [2.45, 2.75) is 18.7 Å². The molecule has 0 radical (unpaired) electrons. The molecule has 0 aliphatic heterocycles. The molecule has 0 amide bonds. The van der Waals surface area contributed by atoms with Gasteiger partial charge in [-0.3, -0.25) is 0 Å². The largest absolute Gasteiger partial charge is 0.399 e. The number of aryl methyl sites for hydroxylation is 2. The SMILES string of the molecule is Cc1nnc(NS(=O)(=O)c2cc(N)cc(Br)c2F)nc1C. The average molecular weight is 376 g/mol. The van der Waals surface area contributed by atoms with E-state index in [9.17, 15) is 12.8 Å². The molecule has 0 unspecified atom stereocenters. The second-order valence-corrected chi connectivity index (χ2v) is 6.73. The maximum atomic E-state index is 13.9. The number of benzene rings is 1. The van der Waals surface area contributed by atoms with Crippen LogP contribution in [0.2, 0.25) is 0 Å². The van der Waals surface area contributed by atoms with Crippen molar-refractivity contribution in [2.75, 3.05) is 10.5 Å². The summed E-state index contributed by atoms with van der Waals surface area (Å²) in [6, 6.07) is 2.28. The number of sulfonamides is 1. The van der Waals surface area contributed by atoms with E-state index >= 15 is 0 Å². The van der Waals surface area contributed by atoms with Gasteiger partial charge < -0.3 is 5.73 Å². The molecule has 0 aliphatic rings. The molecule has 0 saturated heterocycles. The van der Waals surface area contributed by atoms with Gasteiger partial charge in [0.1, 0.15) is 4.90 Å². The predicted octanol–water partition coefficient (Wildman–Crippen LogP) is 1.77. The van der Waals surface area contributed by atoms with Gasteiger partial charge in [0.25, 0.3) is 16.0 Å². The summed E-state index contributed by atoms with van der Waals surface area (Å²) in [4.78, 5) is 3.33. The zero-order valence-electron chi connectivity index (χ0n) is 11.1. The highest BCUT2D eigenvalue weighted by molar-refractivity contribution is 9.10. The van der Waals surface area contributed by atoms with Crippen molar-refractivity contribution in [3.05, 3.63) is 33.8 Å². The van der Waals surface area contributed by atoms with E-state index in [0.717, 1.165) is 6.07 Å². The van der Waals surface area contributed by atoms with E-state index in [2.05, 4.69) is 35.8 Å². The number of nitrogens with two attached hydrogens (primary N) is 1. The van der Waals surface area contributed by atoms with Gasteiger partial charge in [-0.05, 0) is 41.9 Å². The van der Waals surface area contributed by atoms with Crippen LogP contribution in [0.1, 0.15) is 11.4 Å². The Morgan fingerprint density at radius 1 is 1.24 bits per heavy atom. The second-order valence-electron chi connectivity index (χ2n) is 4.23. The molecule has 3 N–H and O–H groups in total. The maximum absolute atomic E-state index is 13.9. The van der Waals surface area contributed by atoms with Gasteiger partial charge in [0.05, 0.1) is 15.9 Å². The fourth-order valence-corrected chi connectivity index (χ4v) is 3.14. The Labute approximate surface area is 129 Å². The van der Waals surface area contributed by atoms with Gasteiger partial charge in [-0.15, -0.1) is 5.10 Å². The first kappa shape index (κ1) is 15.6. The molecule has 0 aliphatic carbocycles. The third-order valence-corrected chi connectivity index (χ3v) is 4.53. The van der Waals surface area contributed by atoms with Gasteiger partial charge in [0.2, 0.25) is 0 Å². The summed E-state index contributed by atoms with van der Waals surface area (Å²) < 4.78 is 40.3. The maximum Gasteiger partial charge on any atom is 0.267 e. The van der Waals surface area contributed by atoms with Crippen LogP contribution in [0.25, 0.3) is 0 Å². The van der Waals surface area contributed by atoms with Gasteiger partial charge in [-0.2, -0.15) is 5.10 Å². The van der Waals surface area contributed by atoms with E-state index in [1.54, 1.807) is 13.8 Å². The molecule has 0 bridgehead atoms. The summed E-state index contributed by atoms with van der Waals surface area (Å²) in [5.41, 5.74) is 6.71. The minimum Gasteiger partial charge on any atom is -0.399 e. The fraction of sp³-hybridized carbons (Fsp3) is 0.182. The number of nitrogens with zero attached hydrogens (tertiary/aromatic N) is 3. The normalized spacial score (nSPS) is 11.4. The Morgan fingerprint density at radius 3 is 2.52 bits per heavy atom. The molecule has 2 rings (SSSR count). The van der Waals surface area contributed by atoms with E-state index in [-0.39, 0.29) is 16.1 Å². The smallest absolute Gasteiger partial charge is 0.267 e. The first-order chi connectivity index (χ1) is 9.70. The van der Waals surface area contributed by atoms with Crippen molar-refractivity contribution in [1.29, 1.82) is 0 Å². The Morgan fingerprint density at radius 2 is 1.90 bits per heavy atom. The molecule has 0 atom stereocenters. The molecular formula is C11H11BrFN5O2S. The molecule has 7 nitrogen and oxygen atoms in total. The van der Waals surface area contributed by atoms with Gasteiger partial charge in [-0.25, -0.2) is 22.5 Å². The molecule has 21 heavy (non-hydrogen) atoms. The number of aromatic nitrogens is 3. The van der Waals surface area contributed by atoms with Crippen LogP contribution in [0, 0.1) is 19.7 Å². The van der Waals surface area contributed by atoms with E-state index in [1.165, 1.54) is 6.07 Å². The molecule has 1 heterocycles. The lowest BCUT2D eigenvalue weighted by molar-refractivity contribution is 0.566. The van der Waals surface area contributed by atoms with Crippen LogP contribution in [0.5, 0.6) is 0 Å². The topological polar surface area (TPSA) is 111 Å². The number of hydrogen-bond acceptors (Lipinski definition) is 6. The highest BCUT2D eigenvalue weighted by atomic mass is 79.9.